The molecule has 0 radical (unpaired) electrons. The first-order valence-corrected chi connectivity index (χ1v) is 4.48. The maximum absolute atomic E-state index is 10.8. The summed E-state index contributed by atoms with van der Waals surface area (Å²) >= 11 is 0. The van der Waals surface area contributed by atoms with Crippen molar-refractivity contribution in [2.24, 2.45) is 5.92 Å². The van der Waals surface area contributed by atoms with Gasteiger partial charge in [-0.05, 0) is 0 Å². The Balaban J connectivity index is 2.01. The van der Waals surface area contributed by atoms with E-state index in [-0.39, 0.29) is 12.0 Å². The Bertz CT molecular complexity index is 231. The van der Waals surface area contributed by atoms with Crippen molar-refractivity contribution in [3.8, 4) is 0 Å². The molecule has 0 bridgehead atoms. The highest BCUT2D eigenvalue weighted by Crippen LogP contribution is 2.21. The Labute approximate surface area is 76.8 Å². The Kier molecular flexibility index (Phi) is 2.33. The highest BCUT2D eigenvalue weighted by atomic mass is 16.5. The van der Waals surface area contributed by atoms with Crippen molar-refractivity contribution >= 4 is 5.97 Å². The third-order valence-electron chi connectivity index (χ3n) is 2.68. The zero-order valence-corrected chi connectivity index (χ0v) is 7.35. The standard InChI is InChI=1S/C9H13NO3/c11-9(12)7-5-13-6-8(7)10-3-1-2-4-10/h1-2,7-8H,3-6H2,(H,11,12). The van der Waals surface area contributed by atoms with Crippen LogP contribution in [0.4, 0.5) is 0 Å². The first kappa shape index (κ1) is 8.72. The maximum atomic E-state index is 10.8. The van der Waals surface area contributed by atoms with E-state index >= 15 is 0 Å². The monoisotopic (exact) mass is 183 g/mol. The molecule has 0 aromatic rings. The van der Waals surface area contributed by atoms with Gasteiger partial charge >= 0.3 is 5.97 Å². The predicted octanol–water partition coefficient (Wildman–Crippen LogP) is -0.0422. The molecule has 4 nitrogen and oxygen atoms in total. The number of hydrogen-bond acceptors (Lipinski definition) is 3. The van der Waals surface area contributed by atoms with Crippen LogP contribution in [0, 0.1) is 5.92 Å². The van der Waals surface area contributed by atoms with E-state index in [4.69, 9.17) is 9.84 Å². The van der Waals surface area contributed by atoms with E-state index < -0.39 is 5.97 Å². The van der Waals surface area contributed by atoms with Crippen LogP contribution in [0.2, 0.25) is 0 Å². The number of rotatable bonds is 2. The molecule has 2 heterocycles. The number of aliphatic carboxylic acids is 1. The van der Waals surface area contributed by atoms with Gasteiger partial charge in [0.15, 0.2) is 0 Å². The molecule has 0 amide bonds. The Morgan fingerprint density at radius 1 is 1.38 bits per heavy atom. The average molecular weight is 183 g/mol. The van der Waals surface area contributed by atoms with E-state index in [0.29, 0.717) is 13.2 Å². The van der Waals surface area contributed by atoms with Gasteiger partial charge in [-0.3, -0.25) is 9.69 Å². The van der Waals surface area contributed by atoms with Crippen LogP contribution < -0.4 is 0 Å². The van der Waals surface area contributed by atoms with Crippen LogP contribution in [0.3, 0.4) is 0 Å². The molecule has 4 heteroatoms. The first-order valence-electron chi connectivity index (χ1n) is 4.48. The minimum Gasteiger partial charge on any atom is -0.481 e. The van der Waals surface area contributed by atoms with Gasteiger partial charge in [0.05, 0.1) is 19.1 Å². The molecule has 0 aromatic carbocycles. The van der Waals surface area contributed by atoms with Gasteiger partial charge < -0.3 is 9.84 Å². The average Bonchev–Trinajstić information content (AvgIpc) is 2.74. The van der Waals surface area contributed by atoms with Crippen molar-refractivity contribution in [2.75, 3.05) is 26.3 Å². The van der Waals surface area contributed by atoms with Crippen LogP contribution in [0.25, 0.3) is 0 Å². The second kappa shape index (κ2) is 3.47. The molecule has 0 aliphatic carbocycles. The molecule has 1 N–H and O–H groups in total. The Hall–Kier alpha value is -0.870. The molecular weight excluding hydrogens is 170 g/mol. The molecule has 1 saturated heterocycles. The van der Waals surface area contributed by atoms with Crippen LogP contribution >= 0.6 is 0 Å². The molecule has 0 aromatic heterocycles. The van der Waals surface area contributed by atoms with Gasteiger partial charge in [0.25, 0.3) is 0 Å². The van der Waals surface area contributed by atoms with Gasteiger partial charge in [0, 0.05) is 19.1 Å². The van der Waals surface area contributed by atoms with Crippen LogP contribution in [0.1, 0.15) is 0 Å². The largest absolute Gasteiger partial charge is 0.481 e. The summed E-state index contributed by atoms with van der Waals surface area (Å²) in [6, 6.07) is 0.0625. The summed E-state index contributed by atoms with van der Waals surface area (Å²) < 4.78 is 5.19. The molecular formula is C9H13NO3. The molecule has 2 rings (SSSR count). The molecule has 72 valence electrons. The summed E-state index contributed by atoms with van der Waals surface area (Å²) in [7, 11) is 0. The van der Waals surface area contributed by atoms with Gasteiger partial charge in [-0.15, -0.1) is 0 Å². The SMILES string of the molecule is O=C(O)C1COCC1N1CC=CC1. The number of ether oxygens (including phenoxy) is 1. The zero-order valence-electron chi connectivity index (χ0n) is 7.35. The smallest absolute Gasteiger partial charge is 0.310 e. The van der Waals surface area contributed by atoms with Crippen LogP contribution in [-0.2, 0) is 9.53 Å². The van der Waals surface area contributed by atoms with Crippen molar-refractivity contribution in [3.63, 3.8) is 0 Å². The fourth-order valence-electron chi connectivity index (χ4n) is 1.90. The second-order valence-corrected chi connectivity index (χ2v) is 3.47. The van der Waals surface area contributed by atoms with Gasteiger partial charge in [0.2, 0.25) is 0 Å². The Morgan fingerprint density at radius 3 is 2.69 bits per heavy atom. The van der Waals surface area contributed by atoms with Gasteiger partial charge in [-0.2, -0.15) is 0 Å². The molecule has 13 heavy (non-hydrogen) atoms. The van der Waals surface area contributed by atoms with Crippen molar-refractivity contribution in [1.29, 1.82) is 0 Å². The molecule has 2 atom stereocenters. The summed E-state index contributed by atoms with van der Waals surface area (Å²) in [6.45, 7) is 2.63. The lowest BCUT2D eigenvalue weighted by Gasteiger charge is -2.24. The number of carboxylic acid groups (broad SMARTS) is 1. The van der Waals surface area contributed by atoms with Crippen LogP contribution in [-0.4, -0.2) is 48.3 Å². The fourth-order valence-corrected chi connectivity index (χ4v) is 1.90. The third kappa shape index (κ3) is 1.59. The quantitative estimate of drug-likeness (QED) is 0.610. The summed E-state index contributed by atoms with van der Waals surface area (Å²) in [5, 5.41) is 8.92. The van der Waals surface area contributed by atoms with Crippen molar-refractivity contribution in [1.82, 2.24) is 4.90 Å². The second-order valence-electron chi connectivity index (χ2n) is 3.47. The summed E-state index contributed by atoms with van der Waals surface area (Å²) in [5.41, 5.74) is 0. The highest BCUT2D eigenvalue weighted by Gasteiger charge is 2.37. The number of nitrogens with zero attached hydrogens (tertiary/aromatic N) is 1. The number of hydrogen-bond donors (Lipinski definition) is 1. The van der Waals surface area contributed by atoms with E-state index in [1.807, 2.05) is 0 Å². The van der Waals surface area contributed by atoms with E-state index in [1.165, 1.54) is 0 Å². The van der Waals surface area contributed by atoms with Gasteiger partial charge in [0.1, 0.15) is 0 Å². The van der Waals surface area contributed by atoms with E-state index in [1.54, 1.807) is 0 Å². The lowest BCUT2D eigenvalue weighted by atomic mass is 10.0. The lowest BCUT2D eigenvalue weighted by Crippen LogP contribution is -2.41. The normalized spacial score (nSPS) is 34.2. The fraction of sp³-hybridized carbons (Fsp3) is 0.667. The minimum absolute atomic E-state index is 0.0625. The first-order chi connectivity index (χ1) is 6.29. The summed E-state index contributed by atoms with van der Waals surface area (Å²) in [4.78, 5) is 13.0. The topological polar surface area (TPSA) is 49.8 Å². The van der Waals surface area contributed by atoms with Crippen molar-refractivity contribution in [3.05, 3.63) is 12.2 Å². The molecule has 1 fully saturated rings. The van der Waals surface area contributed by atoms with Crippen molar-refractivity contribution in [2.45, 2.75) is 6.04 Å². The molecule has 0 spiro atoms. The van der Waals surface area contributed by atoms with Gasteiger partial charge in [-0.1, -0.05) is 12.2 Å². The summed E-state index contributed by atoms with van der Waals surface area (Å²) in [5.74, 6) is -1.09. The lowest BCUT2D eigenvalue weighted by molar-refractivity contribution is -0.143. The van der Waals surface area contributed by atoms with Gasteiger partial charge in [-0.25, -0.2) is 0 Å². The minimum atomic E-state index is -0.741. The summed E-state index contributed by atoms with van der Waals surface area (Å²) in [6.07, 6.45) is 4.13. The Morgan fingerprint density at radius 2 is 2.08 bits per heavy atom. The predicted molar refractivity (Wildman–Crippen MR) is 46.4 cm³/mol. The number of carboxylic acids is 1. The third-order valence-corrected chi connectivity index (χ3v) is 2.68. The van der Waals surface area contributed by atoms with Crippen LogP contribution in [0.15, 0.2) is 12.2 Å². The van der Waals surface area contributed by atoms with E-state index in [2.05, 4.69) is 17.1 Å². The van der Waals surface area contributed by atoms with E-state index in [9.17, 15) is 4.79 Å². The van der Waals surface area contributed by atoms with Crippen molar-refractivity contribution < 1.29 is 14.6 Å². The van der Waals surface area contributed by atoms with Crippen LogP contribution in [0.5, 0.6) is 0 Å². The van der Waals surface area contributed by atoms with E-state index in [0.717, 1.165) is 13.1 Å². The number of carbonyl (C=O) groups is 1. The maximum Gasteiger partial charge on any atom is 0.310 e. The highest BCUT2D eigenvalue weighted by molar-refractivity contribution is 5.71. The molecule has 2 aliphatic rings. The molecule has 2 unspecified atom stereocenters. The molecule has 0 saturated carbocycles. The zero-order chi connectivity index (χ0) is 9.26. The molecule has 2 aliphatic heterocycles.